The van der Waals surface area contributed by atoms with Gasteiger partial charge in [-0.2, -0.15) is 0 Å². The predicted octanol–water partition coefficient (Wildman–Crippen LogP) is 4.72. The van der Waals surface area contributed by atoms with Gasteiger partial charge in [-0.3, -0.25) is 9.59 Å². The molecule has 2 amide bonds. The maximum absolute atomic E-state index is 12.8. The smallest absolute Gasteiger partial charge is 0.253 e. The highest BCUT2D eigenvalue weighted by molar-refractivity contribution is 6.30. The van der Waals surface area contributed by atoms with Crippen molar-refractivity contribution in [3.63, 3.8) is 0 Å². The molecule has 3 aromatic carbocycles. The van der Waals surface area contributed by atoms with Crippen LogP contribution in [0.4, 0.5) is 5.69 Å². The van der Waals surface area contributed by atoms with Crippen LogP contribution in [0.1, 0.15) is 23.2 Å². The van der Waals surface area contributed by atoms with E-state index in [4.69, 9.17) is 11.6 Å². The molecule has 0 aromatic heterocycles. The number of hydrogen-bond donors (Lipinski definition) is 0. The van der Waals surface area contributed by atoms with Crippen LogP contribution in [0.25, 0.3) is 10.8 Å². The third-order valence-corrected chi connectivity index (χ3v) is 5.78. The van der Waals surface area contributed by atoms with Crippen molar-refractivity contribution in [1.82, 2.24) is 4.90 Å². The molecule has 1 aliphatic heterocycles. The molecule has 0 N–H and O–H groups in total. The van der Waals surface area contributed by atoms with E-state index < -0.39 is 0 Å². The minimum Gasteiger partial charge on any atom is -0.338 e. The number of alkyl halides is 1. The number of nitrogens with zero attached hydrogens (tertiary/aromatic N) is 2. The van der Waals surface area contributed by atoms with Crippen molar-refractivity contribution >= 4 is 39.9 Å². The molecule has 1 heterocycles. The SMILES string of the molecule is O=C(c1ccccc1)N1CCC(N(C(=O)CCl)c2cccc3ccccc23)CC1. The Hall–Kier alpha value is -2.85. The predicted molar refractivity (Wildman–Crippen MR) is 118 cm³/mol. The standard InChI is InChI=1S/C24H23ClN2O2/c25-17-23(28)27(22-12-6-10-18-7-4-5-11-21(18)22)20-13-15-26(16-14-20)24(29)19-8-2-1-3-9-19/h1-12,20H,13-17H2. The summed E-state index contributed by atoms with van der Waals surface area (Å²) in [5, 5.41) is 2.13. The van der Waals surface area contributed by atoms with Crippen LogP contribution in [-0.2, 0) is 4.79 Å². The lowest BCUT2D eigenvalue weighted by molar-refractivity contribution is -0.116. The number of hydrogen-bond acceptors (Lipinski definition) is 2. The molecule has 0 unspecified atom stereocenters. The molecule has 0 aliphatic carbocycles. The van der Waals surface area contributed by atoms with Gasteiger partial charge in [0.15, 0.2) is 0 Å². The first kappa shape index (κ1) is 19.5. The zero-order chi connectivity index (χ0) is 20.2. The fraction of sp³-hybridized carbons (Fsp3) is 0.250. The van der Waals surface area contributed by atoms with E-state index in [1.54, 1.807) is 0 Å². The minimum atomic E-state index is -0.101. The molecule has 1 saturated heterocycles. The Labute approximate surface area is 175 Å². The second-order valence-corrected chi connectivity index (χ2v) is 7.55. The Balaban J connectivity index is 1.57. The zero-order valence-electron chi connectivity index (χ0n) is 16.1. The number of amides is 2. The molecule has 0 saturated carbocycles. The highest BCUT2D eigenvalue weighted by Gasteiger charge is 2.31. The third-order valence-electron chi connectivity index (χ3n) is 5.55. The van der Waals surface area contributed by atoms with Crippen molar-refractivity contribution in [1.29, 1.82) is 0 Å². The van der Waals surface area contributed by atoms with Crippen LogP contribution in [-0.4, -0.2) is 41.7 Å². The number of halogens is 1. The average molecular weight is 407 g/mol. The third kappa shape index (κ3) is 3.99. The van der Waals surface area contributed by atoms with E-state index in [0.29, 0.717) is 18.7 Å². The Morgan fingerprint density at radius 2 is 1.55 bits per heavy atom. The molecule has 3 aromatic rings. The van der Waals surface area contributed by atoms with Gasteiger partial charge < -0.3 is 9.80 Å². The second-order valence-electron chi connectivity index (χ2n) is 7.29. The quantitative estimate of drug-likeness (QED) is 0.588. The first-order valence-corrected chi connectivity index (χ1v) is 10.4. The van der Waals surface area contributed by atoms with Crippen molar-refractivity contribution in [2.24, 2.45) is 0 Å². The summed E-state index contributed by atoms with van der Waals surface area (Å²) in [6, 6.07) is 23.4. The fourth-order valence-electron chi connectivity index (χ4n) is 4.11. The lowest BCUT2D eigenvalue weighted by atomic mass is 9.99. The van der Waals surface area contributed by atoms with Gasteiger partial charge in [0.1, 0.15) is 5.88 Å². The van der Waals surface area contributed by atoms with E-state index in [2.05, 4.69) is 0 Å². The van der Waals surface area contributed by atoms with Crippen LogP contribution in [0.5, 0.6) is 0 Å². The minimum absolute atomic E-state index is 0.0203. The van der Waals surface area contributed by atoms with Gasteiger partial charge in [-0.05, 0) is 36.4 Å². The Kier molecular flexibility index (Phi) is 5.81. The second kappa shape index (κ2) is 8.66. The summed E-state index contributed by atoms with van der Waals surface area (Å²) < 4.78 is 0. The number of anilines is 1. The van der Waals surface area contributed by atoms with Crippen LogP contribution in [0.3, 0.4) is 0 Å². The molecule has 0 radical (unpaired) electrons. The Morgan fingerprint density at radius 1 is 0.897 bits per heavy atom. The highest BCUT2D eigenvalue weighted by Crippen LogP contribution is 2.31. The monoisotopic (exact) mass is 406 g/mol. The van der Waals surface area contributed by atoms with E-state index in [1.165, 1.54) is 0 Å². The molecule has 1 aliphatic rings. The summed E-state index contributed by atoms with van der Waals surface area (Å²) in [6.45, 7) is 1.24. The van der Waals surface area contributed by atoms with Crippen molar-refractivity contribution in [2.75, 3.05) is 23.9 Å². The lowest BCUT2D eigenvalue weighted by Gasteiger charge is -2.39. The zero-order valence-corrected chi connectivity index (χ0v) is 16.9. The van der Waals surface area contributed by atoms with Crippen molar-refractivity contribution < 1.29 is 9.59 Å². The van der Waals surface area contributed by atoms with E-state index in [-0.39, 0.29) is 23.7 Å². The molecule has 0 bridgehead atoms. The molecule has 1 fully saturated rings. The van der Waals surface area contributed by atoms with Crippen molar-refractivity contribution in [3.8, 4) is 0 Å². The number of rotatable bonds is 4. The maximum Gasteiger partial charge on any atom is 0.253 e. The molecular formula is C24H23ClN2O2. The molecule has 0 atom stereocenters. The number of carbonyl (C=O) groups is 2. The molecule has 0 spiro atoms. The highest BCUT2D eigenvalue weighted by atomic mass is 35.5. The summed E-state index contributed by atoms with van der Waals surface area (Å²) in [6.07, 6.45) is 1.45. The molecule has 29 heavy (non-hydrogen) atoms. The Morgan fingerprint density at radius 3 is 2.28 bits per heavy atom. The maximum atomic E-state index is 12.8. The van der Waals surface area contributed by atoms with Crippen LogP contribution in [0.2, 0.25) is 0 Å². The van der Waals surface area contributed by atoms with E-state index in [1.807, 2.05) is 82.6 Å². The topological polar surface area (TPSA) is 40.6 Å². The Bertz CT molecular complexity index is 1010. The fourth-order valence-corrected chi connectivity index (χ4v) is 4.24. The normalized spacial score (nSPS) is 14.7. The van der Waals surface area contributed by atoms with Crippen molar-refractivity contribution in [2.45, 2.75) is 18.9 Å². The van der Waals surface area contributed by atoms with Crippen molar-refractivity contribution in [3.05, 3.63) is 78.4 Å². The average Bonchev–Trinajstić information content (AvgIpc) is 2.80. The first-order chi connectivity index (χ1) is 14.2. The molecule has 5 heteroatoms. The number of carbonyl (C=O) groups excluding carboxylic acids is 2. The van der Waals surface area contributed by atoms with Gasteiger partial charge in [0.05, 0.1) is 5.69 Å². The number of likely N-dealkylation sites (tertiary alicyclic amines) is 1. The van der Waals surface area contributed by atoms with Gasteiger partial charge >= 0.3 is 0 Å². The van der Waals surface area contributed by atoms with Gasteiger partial charge in [-0.25, -0.2) is 0 Å². The van der Waals surface area contributed by atoms with E-state index in [0.717, 1.165) is 29.3 Å². The molecule has 148 valence electrons. The summed E-state index contributed by atoms with van der Waals surface area (Å²) in [4.78, 5) is 29.3. The molecular weight excluding hydrogens is 384 g/mol. The van der Waals surface area contributed by atoms with Crippen LogP contribution < -0.4 is 4.90 Å². The van der Waals surface area contributed by atoms with Crippen LogP contribution in [0, 0.1) is 0 Å². The largest absolute Gasteiger partial charge is 0.338 e. The number of fused-ring (bicyclic) bond motifs is 1. The lowest BCUT2D eigenvalue weighted by Crippen LogP contribution is -2.49. The summed E-state index contributed by atoms with van der Waals surface area (Å²) >= 11 is 5.97. The molecule has 4 nitrogen and oxygen atoms in total. The van der Waals surface area contributed by atoms with Gasteiger partial charge in [-0.1, -0.05) is 54.6 Å². The number of piperidine rings is 1. The number of benzene rings is 3. The van der Waals surface area contributed by atoms with E-state index in [9.17, 15) is 9.59 Å². The van der Waals surface area contributed by atoms with Gasteiger partial charge in [0.25, 0.3) is 5.91 Å². The van der Waals surface area contributed by atoms with Gasteiger partial charge in [0, 0.05) is 30.1 Å². The molecule has 4 rings (SSSR count). The van der Waals surface area contributed by atoms with Crippen LogP contribution in [0.15, 0.2) is 72.8 Å². The van der Waals surface area contributed by atoms with Gasteiger partial charge in [0.2, 0.25) is 5.91 Å². The van der Waals surface area contributed by atoms with E-state index >= 15 is 0 Å². The summed E-state index contributed by atoms with van der Waals surface area (Å²) in [7, 11) is 0. The summed E-state index contributed by atoms with van der Waals surface area (Å²) in [5.74, 6) is -0.118. The van der Waals surface area contributed by atoms with Gasteiger partial charge in [-0.15, -0.1) is 11.6 Å². The van der Waals surface area contributed by atoms with Crippen LogP contribution >= 0.6 is 11.6 Å². The first-order valence-electron chi connectivity index (χ1n) is 9.89. The summed E-state index contributed by atoms with van der Waals surface area (Å²) in [5.41, 5.74) is 1.59.